The van der Waals surface area contributed by atoms with Gasteiger partial charge in [0.1, 0.15) is 11.9 Å². The third-order valence-corrected chi connectivity index (χ3v) is 8.45. The summed E-state index contributed by atoms with van der Waals surface area (Å²) >= 11 is 0. The van der Waals surface area contributed by atoms with Crippen LogP contribution in [-0.2, 0) is 10.0 Å². The van der Waals surface area contributed by atoms with Crippen molar-refractivity contribution in [2.75, 3.05) is 0 Å². The van der Waals surface area contributed by atoms with Crippen molar-refractivity contribution in [1.82, 2.24) is 14.5 Å². The molecule has 0 radical (unpaired) electrons. The van der Waals surface area contributed by atoms with Crippen LogP contribution in [0.3, 0.4) is 0 Å². The lowest BCUT2D eigenvalue weighted by Crippen LogP contribution is -2.40. The van der Waals surface area contributed by atoms with Gasteiger partial charge in [0.15, 0.2) is 0 Å². The van der Waals surface area contributed by atoms with Crippen LogP contribution in [0.15, 0.2) is 54.7 Å². The number of nitrogens with one attached hydrogen (secondary N) is 1. The van der Waals surface area contributed by atoms with Gasteiger partial charge in [0.05, 0.1) is 29.0 Å². The third kappa shape index (κ3) is 4.34. The fourth-order valence-corrected chi connectivity index (χ4v) is 6.18. The van der Waals surface area contributed by atoms with Gasteiger partial charge in [-0.3, -0.25) is 4.68 Å². The van der Waals surface area contributed by atoms with Crippen LogP contribution in [0.2, 0.25) is 0 Å². The highest BCUT2D eigenvalue weighted by molar-refractivity contribution is 7.90. The molecule has 5 rings (SSSR count). The molecule has 2 fully saturated rings. The van der Waals surface area contributed by atoms with Gasteiger partial charge in [-0.2, -0.15) is 5.10 Å². The highest BCUT2D eigenvalue weighted by Gasteiger charge is 2.38. The number of rotatable bonds is 8. The quantitative estimate of drug-likeness (QED) is 0.550. The summed E-state index contributed by atoms with van der Waals surface area (Å²) < 4.78 is 36.4. The maximum Gasteiger partial charge on any atom is 0.214 e. The Morgan fingerprint density at radius 2 is 1.81 bits per heavy atom. The monoisotopic (exact) mass is 439 g/mol. The molecule has 2 aliphatic rings. The van der Waals surface area contributed by atoms with E-state index in [9.17, 15) is 8.42 Å². The largest absolute Gasteiger partial charge is 0.484 e. The van der Waals surface area contributed by atoms with Crippen molar-refractivity contribution in [1.29, 1.82) is 0 Å². The number of hydrogen-bond donors (Lipinski definition) is 1. The van der Waals surface area contributed by atoms with Crippen molar-refractivity contribution in [3.8, 4) is 5.75 Å². The van der Waals surface area contributed by atoms with Gasteiger partial charge in [-0.15, -0.1) is 0 Å². The van der Waals surface area contributed by atoms with Gasteiger partial charge >= 0.3 is 0 Å². The normalized spacial score (nSPS) is 19.5. The first-order valence-electron chi connectivity index (χ1n) is 11.2. The van der Waals surface area contributed by atoms with E-state index < -0.39 is 22.2 Å². The molecular formula is C24H29N3O3S. The number of ether oxygens (including phenoxy) is 1. The smallest absolute Gasteiger partial charge is 0.214 e. The van der Waals surface area contributed by atoms with Gasteiger partial charge < -0.3 is 4.74 Å². The van der Waals surface area contributed by atoms with Crippen LogP contribution in [0, 0.1) is 0 Å². The molecular weight excluding hydrogens is 410 g/mol. The molecule has 0 spiro atoms. The van der Waals surface area contributed by atoms with E-state index in [0.29, 0.717) is 11.8 Å². The second-order valence-corrected chi connectivity index (χ2v) is 10.8. The molecule has 3 aromatic rings. The molecule has 7 heteroatoms. The summed E-state index contributed by atoms with van der Waals surface area (Å²) in [5.41, 5.74) is 2.06. The number of nitrogens with zero attached hydrogens (tertiary/aromatic N) is 2. The van der Waals surface area contributed by atoms with Crippen LogP contribution in [-0.4, -0.2) is 29.5 Å². The highest BCUT2D eigenvalue weighted by atomic mass is 32.2. The number of hydrogen-bond acceptors (Lipinski definition) is 4. The van der Waals surface area contributed by atoms with E-state index in [-0.39, 0.29) is 5.25 Å². The molecule has 2 saturated carbocycles. The molecule has 31 heavy (non-hydrogen) atoms. The van der Waals surface area contributed by atoms with Crippen LogP contribution in [0.1, 0.15) is 63.2 Å². The number of benzene rings is 2. The van der Waals surface area contributed by atoms with E-state index in [1.54, 1.807) is 0 Å². The molecule has 2 unspecified atom stereocenters. The summed E-state index contributed by atoms with van der Waals surface area (Å²) in [5.74, 6) is 0.713. The lowest BCUT2D eigenvalue weighted by atomic mass is 10.0. The van der Waals surface area contributed by atoms with Crippen molar-refractivity contribution in [3.05, 3.63) is 60.3 Å². The van der Waals surface area contributed by atoms with Crippen molar-refractivity contribution in [2.24, 2.45) is 0 Å². The standard InChI is InChI=1S/C24H29N3O3S/c1-17(26-31(28,29)22-12-13-22)24(18-7-3-2-4-8-18)30-21-11-14-23-19(15-21)16-25-27(23)20-9-5-6-10-20/h2-4,7-8,11,14-17,20,22,24,26H,5-6,9-10,12-13H2,1H3. The maximum atomic E-state index is 12.5. The molecule has 2 aliphatic carbocycles. The minimum atomic E-state index is -3.32. The topological polar surface area (TPSA) is 73.2 Å². The van der Waals surface area contributed by atoms with Gasteiger partial charge in [-0.05, 0) is 56.4 Å². The predicted molar refractivity (Wildman–Crippen MR) is 122 cm³/mol. The zero-order valence-corrected chi connectivity index (χ0v) is 18.6. The summed E-state index contributed by atoms with van der Waals surface area (Å²) in [6.45, 7) is 1.87. The summed E-state index contributed by atoms with van der Waals surface area (Å²) in [6.07, 6.45) is 7.84. The second kappa shape index (κ2) is 8.28. The summed E-state index contributed by atoms with van der Waals surface area (Å²) in [4.78, 5) is 0. The summed E-state index contributed by atoms with van der Waals surface area (Å²) in [7, 11) is -3.32. The van der Waals surface area contributed by atoms with Gasteiger partial charge in [-0.25, -0.2) is 13.1 Å². The molecule has 2 atom stereocenters. The number of fused-ring (bicyclic) bond motifs is 1. The van der Waals surface area contributed by atoms with Gasteiger partial charge in [0, 0.05) is 5.39 Å². The van der Waals surface area contributed by atoms with E-state index in [1.165, 1.54) is 25.7 Å². The Balaban J connectivity index is 1.41. The van der Waals surface area contributed by atoms with Crippen molar-refractivity contribution in [3.63, 3.8) is 0 Å². The zero-order chi connectivity index (χ0) is 21.4. The van der Waals surface area contributed by atoms with Crippen molar-refractivity contribution >= 4 is 20.9 Å². The Kier molecular flexibility index (Phi) is 5.48. The molecule has 0 saturated heterocycles. The first kappa shape index (κ1) is 20.5. The predicted octanol–water partition coefficient (Wildman–Crippen LogP) is 4.74. The van der Waals surface area contributed by atoms with Crippen LogP contribution in [0.4, 0.5) is 0 Å². The average Bonchev–Trinajstić information content (AvgIpc) is 3.35. The van der Waals surface area contributed by atoms with Crippen molar-refractivity contribution in [2.45, 2.75) is 68.9 Å². The van der Waals surface area contributed by atoms with E-state index in [4.69, 9.17) is 4.74 Å². The molecule has 164 valence electrons. The Labute approximate surface area is 183 Å². The van der Waals surface area contributed by atoms with E-state index >= 15 is 0 Å². The Bertz CT molecular complexity index is 1150. The van der Waals surface area contributed by atoms with E-state index in [2.05, 4.69) is 20.6 Å². The molecule has 0 amide bonds. The van der Waals surface area contributed by atoms with Gasteiger partial charge in [0.2, 0.25) is 10.0 Å². The van der Waals surface area contributed by atoms with E-state index in [1.807, 2.05) is 55.6 Å². The first-order valence-corrected chi connectivity index (χ1v) is 12.8. The fraction of sp³-hybridized carbons (Fsp3) is 0.458. The van der Waals surface area contributed by atoms with Crippen LogP contribution in [0.5, 0.6) is 5.75 Å². The molecule has 1 aromatic heterocycles. The van der Waals surface area contributed by atoms with Gasteiger partial charge in [0.25, 0.3) is 0 Å². The molecule has 2 aromatic carbocycles. The summed E-state index contributed by atoms with van der Waals surface area (Å²) in [5, 5.41) is 5.42. The highest BCUT2D eigenvalue weighted by Crippen LogP contribution is 2.34. The second-order valence-electron chi connectivity index (χ2n) is 8.85. The number of aromatic nitrogens is 2. The lowest BCUT2D eigenvalue weighted by Gasteiger charge is -2.26. The fourth-order valence-electron chi connectivity index (χ4n) is 4.59. The Morgan fingerprint density at radius 1 is 1.06 bits per heavy atom. The lowest BCUT2D eigenvalue weighted by molar-refractivity contribution is 0.173. The average molecular weight is 440 g/mol. The van der Waals surface area contributed by atoms with Gasteiger partial charge in [-0.1, -0.05) is 43.2 Å². The van der Waals surface area contributed by atoms with Crippen LogP contribution < -0.4 is 9.46 Å². The Morgan fingerprint density at radius 3 is 2.52 bits per heavy atom. The molecule has 1 N–H and O–H groups in total. The minimum absolute atomic E-state index is 0.260. The SMILES string of the molecule is CC(NS(=O)(=O)C1CC1)C(Oc1ccc2c(cnn2C2CCCC2)c1)c1ccccc1. The number of sulfonamides is 1. The maximum absolute atomic E-state index is 12.5. The third-order valence-electron chi connectivity index (χ3n) is 6.40. The molecule has 1 heterocycles. The molecule has 0 bridgehead atoms. The Hall–Kier alpha value is -2.38. The van der Waals surface area contributed by atoms with Crippen LogP contribution in [0.25, 0.3) is 10.9 Å². The van der Waals surface area contributed by atoms with Crippen LogP contribution >= 0.6 is 0 Å². The van der Waals surface area contributed by atoms with E-state index in [0.717, 1.165) is 29.3 Å². The minimum Gasteiger partial charge on any atom is -0.484 e. The summed E-state index contributed by atoms with van der Waals surface area (Å²) in [6, 6.07) is 15.9. The first-order chi connectivity index (χ1) is 15.0. The van der Waals surface area contributed by atoms with Crippen molar-refractivity contribution < 1.29 is 13.2 Å². The zero-order valence-electron chi connectivity index (χ0n) is 17.8. The molecule has 6 nitrogen and oxygen atoms in total. The molecule has 0 aliphatic heterocycles.